The highest BCUT2D eigenvalue weighted by molar-refractivity contribution is 5.85. The predicted molar refractivity (Wildman–Crippen MR) is 72.6 cm³/mol. The molecular formula is C15H20N2O. The predicted octanol–water partition coefficient (Wildman–Crippen LogP) is 2.41. The molecule has 2 aliphatic rings. The molecule has 1 heterocycles. The Hall–Kier alpha value is -1.51. The lowest BCUT2D eigenvalue weighted by Crippen LogP contribution is -2.40. The van der Waals surface area contributed by atoms with Crippen LogP contribution in [0.3, 0.4) is 0 Å². The number of nitrogens with zero attached hydrogens (tertiary/aromatic N) is 1. The number of nitrogens with two attached hydrogens (primary N) is 1. The topological polar surface area (TPSA) is 46.3 Å². The van der Waals surface area contributed by atoms with E-state index in [2.05, 4.69) is 23.1 Å². The zero-order valence-corrected chi connectivity index (χ0v) is 10.6. The number of anilines is 1. The SMILES string of the molecule is NC(=O)C1CCN(C2CCCC2)c2ccccc21. The third-order valence-corrected chi connectivity index (χ3v) is 4.39. The molecule has 0 aromatic heterocycles. The maximum Gasteiger partial charge on any atom is 0.225 e. The maximum absolute atomic E-state index is 11.5. The molecule has 1 fully saturated rings. The lowest BCUT2D eigenvalue weighted by Gasteiger charge is -2.38. The van der Waals surface area contributed by atoms with Gasteiger partial charge in [0.25, 0.3) is 0 Å². The zero-order valence-electron chi connectivity index (χ0n) is 10.6. The molecule has 96 valence electrons. The summed E-state index contributed by atoms with van der Waals surface area (Å²) in [6.07, 6.45) is 6.11. The molecule has 3 rings (SSSR count). The summed E-state index contributed by atoms with van der Waals surface area (Å²) < 4.78 is 0. The van der Waals surface area contributed by atoms with Crippen LogP contribution < -0.4 is 10.6 Å². The fraction of sp³-hybridized carbons (Fsp3) is 0.533. The third kappa shape index (κ3) is 1.88. The Morgan fingerprint density at radius 3 is 2.61 bits per heavy atom. The van der Waals surface area contributed by atoms with Crippen LogP contribution >= 0.6 is 0 Å². The normalized spacial score (nSPS) is 24.0. The van der Waals surface area contributed by atoms with E-state index < -0.39 is 0 Å². The molecule has 3 nitrogen and oxygen atoms in total. The molecule has 0 saturated heterocycles. The summed E-state index contributed by atoms with van der Waals surface area (Å²) in [5.41, 5.74) is 7.89. The van der Waals surface area contributed by atoms with E-state index in [4.69, 9.17) is 5.73 Å². The van der Waals surface area contributed by atoms with Gasteiger partial charge in [-0.05, 0) is 30.9 Å². The number of benzene rings is 1. The molecule has 18 heavy (non-hydrogen) atoms. The second-order valence-corrected chi connectivity index (χ2v) is 5.43. The van der Waals surface area contributed by atoms with Crippen molar-refractivity contribution in [2.45, 2.75) is 44.1 Å². The van der Waals surface area contributed by atoms with Crippen LogP contribution in [-0.4, -0.2) is 18.5 Å². The summed E-state index contributed by atoms with van der Waals surface area (Å²) in [7, 11) is 0. The second kappa shape index (κ2) is 4.63. The van der Waals surface area contributed by atoms with Crippen LogP contribution in [-0.2, 0) is 4.79 Å². The number of fused-ring (bicyclic) bond motifs is 1. The summed E-state index contributed by atoms with van der Waals surface area (Å²) in [6, 6.07) is 8.94. The lowest BCUT2D eigenvalue weighted by atomic mass is 9.88. The molecule has 1 unspecified atom stereocenters. The smallest absolute Gasteiger partial charge is 0.225 e. The quantitative estimate of drug-likeness (QED) is 0.868. The standard InChI is InChI=1S/C15H20N2O/c16-15(18)13-9-10-17(11-5-1-2-6-11)14-8-4-3-7-12(13)14/h3-4,7-8,11,13H,1-2,5-6,9-10H2,(H2,16,18). The lowest BCUT2D eigenvalue weighted by molar-refractivity contribution is -0.119. The van der Waals surface area contributed by atoms with Gasteiger partial charge in [0.1, 0.15) is 0 Å². The van der Waals surface area contributed by atoms with Gasteiger partial charge in [-0.3, -0.25) is 4.79 Å². The number of rotatable bonds is 2. The van der Waals surface area contributed by atoms with Crippen LogP contribution in [0.2, 0.25) is 0 Å². The molecule has 1 amide bonds. The molecule has 1 aromatic carbocycles. The van der Waals surface area contributed by atoms with Crippen LogP contribution in [0.15, 0.2) is 24.3 Å². The van der Waals surface area contributed by atoms with E-state index >= 15 is 0 Å². The molecule has 1 aromatic rings. The Balaban J connectivity index is 1.96. The first-order valence-corrected chi connectivity index (χ1v) is 6.92. The van der Waals surface area contributed by atoms with E-state index in [1.54, 1.807) is 0 Å². The molecule has 1 aliphatic carbocycles. The highest BCUT2D eigenvalue weighted by atomic mass is 16.1. The van der Waals surface area contributed by atoms with Crippen molar-refractivity contribution in [1.82, 2.24) is 0 Å². The van der Waals surface area contributed by atoms with Crippen LogP contribution in [0, 0.1) is 0 Å². The number of hydrogen-bond acceptors (Lipinski definition) is 2. The maximum atomic E-state index is 11.5. The highest BCUT2D eigenvalue weighted by Crippen LogP contribution is 2.38. The van der Waals surface area contributed by atoms with Gasteiger partial charge < -0.3 is 10.6 Å². The van der Waals surface area contributed by atoms with Gasteiger partial charge >= 0.3 is 0 Å². The van der Waals surface area contributed by atoms with Gasteiger partial charge in [0.05, 0.1) is 5.92 Å². The summed E-state index contributed by atoms with van der Waals surface area (Å²) >= 11 is 0. The van der Waals surface area contributed by atoms with Crippen molar-refractivity contribution < 1.29 is 4.79 Å². The minimum absolute atomic E-state index is 0.0983. The molecule has 0 radical (unpaired) electrons. The van der Waals surface area contributed by atoms with Gasteiger partial charge in [0, 0.05) is 18.3 Å². The minimum Gasteiger partial charge on any atom is -0.369 e. The number of amides is 1. The van der Waals surface area contributed by atoms with Crippen molar-refractivity contribution in [3.8, 4) is 0 Å². The van der Waals surface area contributed by atoms with E-state index in [-0.39, 0.29) is 11.8 Å². The summed E-state index contributed by atoms with van der Waals surface area (Å²) in [6.45, 7) is 0.968. The molecule has 1 atom stereocenters. The number of carbonyl (C=O) groups is 1. The van der Waals surface area contributed by atoms with E-state index in [1.807, 2.05) is 6.07 Å². The van der Waals surface area contributed by atoms with Gasteiger partial charge in [-0.2, -0.15) is 0 Å². The largest absolute Gasteiger partial charge is 0.369 e. The van der Waals surface area contributed by atoms with E-state index in [9.17, 15) is 4.79 Å². The number of para-hydroxylation sites is 1. The molecule has 1 saturated carbocycles. The molecular weight excluding hydrogens is 224 g/mol. The first-order chi connectivity index (χ1) is 8.77. The minimum atomic E-state index is -0.187. The average Bonchev–Trinajstić information content (AvgIpc) is 2.91. The van der Waals surface area contributed by atoms with Crippen LogP contribution in [0.5, 0.6) is 0 Å². The monoisotopic (exact) mass is 244 g/mol. The first-order valence-electron chi connectivity index (χ1n) is 6.92. The highest BCUT2D eigenvalue weighted by Gasteiger charge is 2.32. The fourth-order valence-corrected chi connectivity index (χ4v) is 3.48. The van der Waals surface area contributed by atoms with Gasteiger partial charge in [0.2, 0.25) is 5.91 Å². The Kier molecular flexibility index (Phi) is 2.98. The number of primary amides is 1. The van der Waals surface area contributed by atoms with E-state index in [0.717, 1.165) is 18.5 Å². The Morgan fingerprint density at radius 1 is 1.17 bits per heavy atom. The van der Waals surface area contributed by atoms with Gasteiger partial charge in [-0.25, -0.2) is 0 Å². The van der Waals surface area contributed by atoms with Crippen molar-refractivity contribution in [3.05, 3.63) is 29.8 Å². The summed E-state index contributed by atoms with van der Waals surface area (Å²) in [5.74, 6) is -0.285. The molecule has 0 spiro atoms. The van der Waals surface area contributed by atoms with Gasteiger partial charge in [-0.15, -0.1) is 0 Å². The van der Waals surface area contributed by atoms with E-state index in [0.29, 0.717) is 6.04 Å². The molecule has 1 aliphatic heterocycles. The Bertz CT molecular complexity index is 452. The van der Waals surface area contributed by atoms with E-state index in [1.165, 1.54) is 31.4 Å². The van der Waals surface area contributed by atoms with Crippen molar-refractivity contribution in [3.63, 3.8) is 0 Å². The Morgan fingerprint density at radius 2 is 1.89 bits per heavy atom. The van der Waals surface area contributed by atoms with Crippen molar-refractivity contribution >= 4 is 11.6 Å². The Labute approximate surface area is 108 Å². The molecule has 0 bridgehead atoms. The first kappa shape index (κ1) is 11.6. The van der Waals surface area contributed by atoms with Crippen molar-refractivity contribution in [1.29, 1.82) is 0 Å². The fourth-order valence-electron chi connectivity index (χ4n) is 3.48. The summed E-state index contributed by atoms with van der Waals surface area (Å²) in [4.78, 5) is 14.1. The second-order valence-electron chi connectivity index (χ2n) is 5.43. The molecule has 2 N–H and O–H groups in total. The van der Waals surface area contributed by atoms with Gasteiger partial charge in [0.15, 0.2) is 0 Å². The van der Waals surface area contributed by atoms with Crippen LogP contribution in [0.4, 0.5) is 5.69 Å². The van der Waals surface area contributed by atoms with Crippen molar-refractivity contribution in [2.24, 2.45) is 5.73 Å². The third-order valence-electron chi connectivity index (χ3n) is 4.39. The van der Waals surface area contributed by atoms with Gasteiger partial charge in [-0.1, -0.05) is 31.0 Å². The molecule has 3 heteroatoms. The average molecular weight is 244 g/mol. The van der Waals surface area contributed by atoms with Crippen molar-refractivity contribution in [2.75, 3.05) is 11.4 Å². The van der Waals surface area contributed by atoms with Crippen LogP contribution in [0.25, 0.3) is 0 Å². The summed E-state index contributed by atoms with van der Waals surface area (Å²) in [5, 5.41) is 0. The zero-order chi connectivity index (χ0) is 12.5. The van der Waals surface area contributed by atoms with Crippen LogP contribution in [0.1, 0.15) is 43.6 Å². The number of hydrogen-bond donors (Lipinski definition) is 1. The number of carbonyl (C=O) groups excluding carboxylic acids is 1.